The molecule has 1 aliphatic rings. The second-order valence-electron chi connectivity index (χ2n) is 6.17. The summed E-state index contributed by atoms with van der Waals surface area (Å²) in [6.07, 6.45) is 0. The van der Waals surface area contributed by atoms with Gasteiger partial charge in [0, 0.05) is 25.2 Å². The third-order valence-corrected chi connectivity index (χ3v) is 4.19. The van der Waals surface area contributed by atoms with Crippen molar-refractivity contribution in [2.24, 2.45) is 0 Å². The number of carbonyl (C=O) groups is 1. The van der Waals surface area contributed by atoms with Crippen LogP contribution in [0, 0.1) is 0 Å². The number of halogens is 1. The van der Waals surface area contributed by atoms with Crippen LogP contribution in [0.1, 0.15) is 52.4 Å². The van der Waals surface area contributed by atoms with Crippen molar-refractivity contribution in [3.8, 4) is 0 Å². The van der Waals surface area contributed by atoms with E-state index in [9.17, 15) is 4.79 Å². The zero-order valence-electron chi connectivity index (χ0n) is 13.6. The fourth-order valence-corrected chi connectivity index (χ4v) is 2.76. The number of benzene rings is 2. The van der Waals surface area contributed by atoms with Crippen molar-refractivity contribution >= 4 is 18.3 Å². The highest BCUT2D eigenvalue weighted by Gasteiger charge is 2.11. The van der Waals surface area contributed by atoms with Gasteiger partial charge in [0.05, 0.1) is 0 Å². The number of nitrogens with one attached hydrogen (secondary N) is 2. The van der Waals surface area contributed by atoms with Crippen LogP contribution in [0.4, 0.5) is 0 Å². The van der Waals surface area contributed by atoms with E-state index in [1.165, 1.54) is 16.7 Å². The predicted octanol–water partition coefficient (Wildman–Crippen LogP) is 3.77. The molecule has 2 aromatic rings. The lowest BCUT2D eigenvalue weighted by molar-refractivity contribution is 0.0951. The molecule has 2 N–H and O–H groups in total. The third kappa shape index (κ3) is 4.12. The first kappa shape index (κ1) is 17.5. The summed E-state index contributed by atoms with van der Waals surface area (Å²) in [7, 11) is 0. The van der Waals surface area contributed by atoms with Crippen molar-refractivity contribution in [2.45, 2.75) is 39.4 Å². The van der Waals surface area contributed by atoms with Gasteiger partial charge in [0.2, 0.25) is 0 Å². The molecule has 23 heavy (non-hydrogen) atoms. The van der Waals surface area contributed by atoms with Crippen molar-refractivity contribution in [3.05, 3.63) is 70.3 Å². The average Bonchev–Trinajstić information content (AvgIpc) is 3.00. The van der Waals surface area contributed by atoms with Crippen LogP contribution >= 0.6 is 12.4 Å². The van der Waals surface area contributed by atoms with Gasteiger partial charge in [-0.1, -0.05) is 44.2 Å². The predicted molar refractivity (Wildman–Crippen MR) is 95.9 cm³/mol. The quantitative estimate of drug-likeness (QED) is 0.896. The molecule has 0 radical (unpaired) electrons. The van der Waals surface area contributed by atoms with Crippen molar-refractivity contribution < 1.29 is 4.79 Å². The lowest BCUT2D eigenvalue weighted by atomic mass is 10.0. The van der Waals surface area contributed by atoms with Crippen LogP contribution in [0.25, 0.3) is 0 Å². The average molecular weight is 331 g/mol. The highest BCUT2D eigenvalue weighted by Crippen LogP contribution is 2.17. The standard InChI is InChI=1S/C19H22N2O.ClH/c1-13(2)15-5-7-16(8-6-15)19(22)21-10-14-3-4-17-11-20-12-18(17)9-14;/h3-9,13,20H,10-12H2,1-2H3,(H,21,22);1H. The van der Waals surface area contributed by atoms with Crippen LogP contribution in [0.3, 0.4) is 0 Å². The number of hydrogen-bond donors (Lipinski definition) is 2. The summed E-state index contributed by atoms with van der Waals surface area (Å²) < 4.78 is 0. The molecule has 1 aliphatic heterocycles. The summed E-state index contributed by atoms with van der Waals surface area (Å²) in [4.78, 5) is 12.2. The Bertz CT molecular complexity index is 680. The molecule has 0 spiro atoms. The molecular weight excluding hydrogens is 308 g/mol. The van der Waals surface area contributed by atoms with Crippen LogP contribution < -0.4 is 10.6 Å². The molecule has 0 saturated carbocycles. The van der Waals surface area contributed by atoms with Crippen molar-refractivity contribution in [3.63, 3.8) is 0 Å². The van der Waals surface area contributed by atoms with E-state index >= 15 is 0 Å². The summed E-state index contributed by atoms with van der Waals surface area (Å²) in [5.74, 6) is 0.464. The Morgan fingerprint density at radius 3 is 2.48 bits per heavy atom. The zero-order valence-corrected chi connectivity index (χ0v) is 14.4. The topological polar surface area (TPSA) is 41.1 Å². The van der Waals surface area contributed by atoms with E-state index in [2.05, 4.69) is 42.7 Å². The van der Waals surface area contributed by atoms with Crippen molar-refractivity contribution in [1.29, 1.82) is 0 Å². The maximum atomic E-state index is 12.2. The monoisotopic (exact) mass is 330 g/mol. The minimum absolute atomic E-state index is 0. The maximum absolute atomic E-state index is 12.2. The van der Waals surface area contributed by atoms with E-state index in [0.717, 1.165) is 18.7 Å². The molecule has 0 atom stereocenters. The van der Waals surface area contributed by atoms with E-state index in [1.54, 1.807) is 0 Å². The number of amides is 1. The van der Waals surface area contributed by atoms with E-state index in [1.807, 2.05) is 24.3 Å². The molecule has 0 unspecified atom stereocenters. The summed E-state index contributed by atoms with van der Waals surface area (Å²) in [5.41, 5.74) is 5.82. The van der Waals surface area contributed by atoms with Gasteiger partial charge in [-0.3, -0.25) is 4.79 Å². The van der Waals surface area contributed by atoms with E-state index in [-0.39, 0.29) is 18.3 Å². The Balaban J connectivity index is 0.00000192. The fraction of sp³-hybridized carbons (Fsp3) is 0.316. The van der Waals surface area contributed by atoms with Gasteiger partial charge in [-0.15, -0.1) is 12.4 Å². The highest BCUT2D eigenvalue weighted by atomic mass is 35.5. The van der Waals surface area contributed by atoms with E-state index < -0.39 is 0 Å². The Morgan fingerprint density at radius 1 is 1.09 bits per heavy atom. The number of fused-ring (bicyclic) bond motifs is 1. The molecule has 1 amide bonds. The first-order chi connectivity index (χ1) is 10.6. The van der Waals surface area contributed by atoms with Gasteiger partial charge >= 0.3 is 0 Å². The summed E-state index contributed by atoms with van der Waals surface area (Å²) in [6.45, 7) is 6.74. The largest absolute Gasteiger partial charge is 0.348 e. The lowest BCUT2D eigenvalue weighted by Gasteiger charge is -2.09. The second-order valence-corrected chi connectivity index (χ2v) is 6.17. The van der Waals surface area contributed by atoms with Crippen LogP contribution in [-0.4, -0.2) is 5.91 Å². The SMILES string of the molecule is CC(C)c1ccc(C(=O)NCc2ccc3c(c2)CNC3)cc1.Cl. The zero-order chi connectivity index (χ0) is 15.5. The molecule has 0 aromatic heterocycles. The molecule has 0 fully saturated rings. The Kier molecular flexibility index (Phi) is 5.80. The van der Waals surface area contributed by atoms with Gasteiger partial charge in [0.1, 0.15) is 0 Å². The summed E-state index contributed by atoms with van der Waals surface area (Å²) >= 11 is 0. The third-order valence-electron chi connectivity index (χ3n) is 4.19. The molecular formula is C19H23ClN2O. The molecule has 122 valence electrons. The van der Waals surface area contributed by atoms with Crippen LogP contribution in [0.15, 0.2) is 42.5 Å². The smallest absolute Gasteiger partial charge is 0.251 e. The number of carbonyl (C=O) groups excluding carboxylic acids is 1. The van der Waals surface area contributed by atoms with Gasteiger partial charge < -0.3 is 10.6 Å². The van der Waals surface area contributed by atoms with Crippen LogP contribution in [0.5, 0.6) is 0 Å². The number of hydrogen-bond acceptors (Lipinski definition) is 2. The molecule has 3 nitrogen and oxygen atoms in total. The molecule has 0 saturated heterocycles. The van der Waals surface area contributed by atoms with Gasteiger partial charge in [-0.05, 0) is 40.3 Å². The minimum Gasteiger partial charge on any atom is -0.348 e. The van der Waals surface area contributed by atoms with Gasteiger partial charge in [-0.25, -0.2) is 0 Å². The van der Waals surface area contributed by atoms with Gasteiger partial charge in [-0.2, -0.15) is 0 Å². The molecule has 3 rings (SSSR count). The van der Waals surface area contributed by atoms with Gasteiger partial charge in [0.15, 0.2) is 0 Å². The maximum Gasteiger partial charge on any atom is 0.251 e. The van der Waals surface area contributed by atoms with Gasteiger partial charge in [0.25, 0.3) is 5.91 Å². The summed E-state index contributed by atoms with van der Waals surface area (Å²) in [6, 6.07) is 14.3. The summed E-state index contributed by atoms with van der Waals surface area (Å²) in [5, 5.41) is 6.33. The van der Waals surface area contributed by atoms with E-state index in [4.69, 9.17) is 0 Å². The molecule has 0 aliphatic carbocycles. The van der Waals surface area contributed by atoms with E-state index in [0.29, 0.717) is 18.0 Å². The van der Waals surface area contributed by atoms with Crippen LogP contribution in [0.2, 0.25) is 0 Å². The normalized spacial score (nSPS) is 12.7. The molecule has 2 aromatic carbocycles. The Hall–Kier alpha value is -1.84. The molecule has 1 heterocycles. The van der Waals surface area contributed by atoms with Crippen molar-refractivity contribution in [1.82, 2.24) is 10.6 Å². The first-order valence-electron chi connectivity index (χ1n) is 7.83. The number of rotatable bonds is 4. The fourth-order valence-electron chi connectivity index (χ4n) is 2.76. The van der Waals surface area contributed by atoms with Crippen LogP contribution in [-0.2, 0) is 19.6 Å². The Morgan fingerprint density at radius 2 is 1.78 bits per heavy atom. The highest BCUT2D eigenvalue weighted by molar-refractivity contribution is 5.94. The minimum atomic E-state index is -0.0195. The molecule has 4 heteroatoms. The lowest BCUT2D eigenvalue weighted by Crippen LogP contribution is -2.22. The molecule has 0 bridgehead atoms. The second kappa shape index (κ2) is 7.62. The Labute approximate surface area is 143 Å². The van der Waals surface area contributed by atoms with Crippen molar-refractivity contribution in [2.75, 3.05) is 0 Å². The first-order valence-corrected chi connectivity index (χ1v) is 7.83.